The third-order valence-corrected chi connectivity index (χ3v) is 6.17. The Morgan fingerprint density at radius 2 is 1.50 bits per heavy atom. The molecule has 3 aromatic rings. The van der Waals surface area contributed by atoms with Crippen molar-refractivity contribution in [2.75, 3.05) is 4.90 Å². The van der Waals surface area contributed by atoms with Crippen LogP contribution in [-0.2, 0) is 20.2 Å². The summed E-state index contributed by atoms with van der Waals surface area (Å²) in [5, 5.41) is 12.9. The molecular weight excluding hydrogens is 404 g/mol. The highest BCUT2D eigenvalue weighted by molar-refractivity contribution is 6.22. The molecule has 162 valence electrons. The first kappa shape index (κ1) is 20.6. The number of carbonyl (C=O) groups is 2. The zero-order valence-corrected chi connectivity index (χ0v) is 17.7. The Kier molecular flexibility index (Phi) is 5.13. The SMILES string of the molecule is Cc1ccc(N2C(=O)C[C@H](N3O[C@](O)(c4ccccc4)C[C@@H]3c3ccccc3)C2=O)cc1. The van der Waals surface area contributed by atoms with Crippen LogP contribution < -0.4 is 4.90 Å². The lowest BCUT2D eigenvalue weighted by atomic mass is 9.94. The van der Waals surface area contributed by atoms with Gasteiger partial charge in [0.2, 0.25) is 11.7 Å². The van der Waals surface area contributed by atoms with Crippen LogP contribution in [0.3, 0.4) is 0 Å². The molecule has 32 heavy (non-hydrogen) atoms. The molecule has 2 saturated heterocycles. The Balaban J connectivity index is 1.50. The summed E-state index contributed by atoms with van der Waals surface area (Å²) < 4.78 is 0. The van der Waals surface area contributed by atoms with Crippen molar-refractivity contribution in [1.29, 1.82) is 0 Å². The third-order valence-electron chi connectivity index (χ3n) is 6.17. The molecule has 2 aliphatic heterocycles. The van der Waals surface area contributed by atoms with Gasteiger partial charge in [-0.25, -0.2) is 4.90 Å². The van der Waals surface area contributed by atoms with E-state index in [1.54, 1.807) is 24.3 Å². The Morgan fingerprint density at radius 3 is 2.16 bits per heavy atom. The molecule has 0 radical (unpaired) electrons. The van der Waals surface area contributed by atoms with Gasteiger partial charge < -0.3 is 5.11 Å². The lowest BCUT2D eigenvalue weighted by molar-refractivity contribution is -0.303. The molecule has 5 rings (SSSR count). The Labute approximate surface area is 186 Å². The van der Waals surface area contributed by atoms with Gasteiger partial charge in [0.25, 0.3) is 5.91 Å². The largest absolute Gasteiger partial charge is 0.361 e. The van der Waals surface area contributed by atoms with Crippen molar-refractivity contribution >= 4 is 17.5 Å². The maximum absolute atomic E-state index is 13.4. The van der Waals surface area contributed by atoms with Gasteiger partial charge in [-0.2, -0.15) is 5.06 Å². The van der Waals surface area contributed by atoms with E-state index in [0.717, 1.165) is 11.1 Å². The van der Waals surface area contributed by atoms with Crippen LogP contribution in [0.25, 0.3) is 0 Å². The van der Waals surface area contributed by atoms with Crippen LogP contribution in [0.4, 0.5) is 5.69 Å². The predicted octanol–water partition coefficient (Wildman–Crippen LogP) is 3.85. The molecule has 2 amide bonds. The molecule has 2 fully saturated rings. The van der Waals surface area contributed by atoms with Crippen LogP contribution in [0.1, 0.15) is 35.6 Å². The van der Waals surface area contributed by atoms with Gasteiger partial charge in [0.05, 0.1) is 18.2 Å². The zero-order valence-electron chi connectivity index (χ0n) is 17.7. The van der Waals surface area contributed by atoms with E-state index >= 15 is 0 Å². The van der Waals surface area contributed by atoms with Crippen LogP contribution in [0.15, 0.2) is 84.9 Å². The molecule has 2 aliphatic rings. The second-order valence-corrected chi connectivity index (χ2v) is 8.36. The summed E-state index contributed by atoms with van der Waals surface area (Å²) in [7, 11) is 0. The summed E-state index contributed by atoms with van der Waals surface area (Å²) in [5.74, 6) is -2.23. The van der Waals surface area contributed by atoms with Crippen LogP contribution in [0.2, 0.25) is 0 Å². The number of amides is 2. The minimum atomic E-state index is -1.59. The molecule has 0 aliphatic carbocycles. The Bertz CT molecular complexity index is 1130. The molecule has 0 bridgehead atoms. The molecule has 0 spiro atoms. The second kappa shape index (κ2) is 7.98. The quantitative estimate of drug-likeness (QED) is 0.640. The van der Waals surface area contributed by atoms with Gasteiger partial charge in [-0.05, 0) is 24.6 Å². The monoisotopic (exact) mass is 428 g/mol. The van der Waals surface area contributed by atoms with E-state index in [-0.39, 0.29) is 30.7 Å². The highest BCUT2D eigenvalue weighted by Crippen LogP contribution is 2.47. The van der Waals surface area contributed by atoms with Crippen molar-refractivity contribution in [2.45, 2.75) is 37.6 Å². The molecule has 0 saturated carbocycles. The minimum absolute atomic E-state index is 0.0130. The fraction of sp³-hybridized carbons (Fsp3) is 0.231. The molecule has 3 aromatic carbocycles. The maximum atomic E-state index is 13.4. The van der Waals surface area contributed by atoms with E-state index < -0.39 is 11.8 Å². The van der Waals surface area contributed by atoms with Gasteiger partial charge in [0.1, 0.15) is 6.04 Å². The average Bonchev–Trinajstić information content (AvgIpc) is 3.33. The van der Waals surface area contributed by atoms with Crippen molar-refractivity contribution in [3.8, 4) is 0 Å². The number of anilines is 1. The second-order valence-electron chi connectivity index (χ2n) is 8.36. The highest BCUT2D eigenvalue weighted by Gasteiger charge is 2.54. The lowest BCUT2D eigenvalue weighted by Crippen LogP contribution is -2.42. The average molecular weight is 428 g/mol. The Morgan fingerprint density at radius 1 is 0.875 bits per heavy atom. The number of aliphatic hydroxyl groups is 1. The molecule has 2 heterocycles. The topological polar surface area (TPSA) is 70.1 Å². The first-order valence-electron chi connectivity index (χ1n) is 10.7. The van der Waals surface area contributed by atoms with Crippen molar-refractivity contribution in [2.24, 2.45) is 0 Å². The molecule has 3 atom stereocenters. The number of hydrogen-bond donors (Lipinski definition) is 1. The summed E-state index contributed by atoms with van der Waals surface area (Å²) in [4.78, 5) is 33.6. The number of aryl methyl sites for hydroxylation is 1. The van der Waals surface area contributed by atoms with Crippen LogP contribution >= 0.6 is 0 Å². The number of hydrogen-bond acceptors (Lipinski definition) is 5. The van der Waals surface area contributed by atoms with Crippen LogP contribution in [-0.4, -0.2) is 28.0 Å². The van der Waals surface area contributed by atoms with Crippen LogP contribution in [0, 0.1) is 6.92 Å². The van der Waals surface area contributed by atoms with Gasteiger partial charge in [0, 0.05) is 12.0 Å². The standard InChI is InChI=1S/C26H24N2O4/c1-18-12-14-21(15-13-18)27-24(29)16-22(25(27)30)28-23(19-8-4-2-5-9-19)17-26(31,32-28)20-10-6-3-7-11-20/h2-15,22-23,31H,16-17H2,1H3/t22-,23+,26-/m0/s1. The van der Waals surface area contributed by atoms with Gasteiger partial charge in [-0.1, -0.05) is 78.4 Å². The number of carbonyl (C=O) groups excluding carboxylic acids is 2. The van der Waals surface area contributed by atoms with E-state index in [2.05, 4.69) is 0 Å². The van der Waals surface area contributed by atoms with Crippen LogP contribution in [0.5, 0.6) is 0 Å². The predicted molar refractivity (Wildman–Crippen MR) is 119 cm³/mol. The van der Waals surface area contributed by atoms with Gasteiger partial charge in [-0.15, -0.1) is 0 Å². The van der Waals surface area contributed by atoms with Crippen molar-refractivity contribution < 1.29 is 19.5 Å². The first-order valence-corrected chi connectivity index (χ1v) is 10.7. The van der Waals surface area contributed by atoms with E-state index in [4.69, 9.17) is 4.84 Å². The Hall–Kier alpha value is -3.32. The van der Waals surface area contributed by atoms with E-state index in [0.29, 0.717) is 11.3 Å². The summed E-state index contributed by atoms with van der Waals surface area (Å²) in [6, 6.07) is 24.8. The normalized spacial score (nSPS) is 26.1. The minimum Gasteiger partial charge on any atom is -0.361 e. The van der Waals surface area contributed by atoms with Gasteiger partial charge in [0.15, 0.2) is 0 Å². The molecule has 6 heteroatoms. The fourth-order valence-electron chi connectivity index (χ4n) is 4.50. The smallest absolute Gasteiger partial charge is 0.254 e. The van der Waals surface area contributed by atoms with Crippen molar-refractivity contribution in [3.05, 3.63) is 102 Å². The van der Waals surface area contributed by atoms with Crippen molar-refractivity contribution in [1.82, 2.24) is 5.06 Å². The number of nitrogens with zero attached hydrogens (tertiary/aromatic N) is 2. The number of imide groups is 1. The van der Waals surface area contributed by atoms with E-state index in [1.165, 1.54) is 9.96 Å². The highest BCUT2D eigenvalue weighted by atomic mass is 16.8. The molecule has 6 nitrogen and oxygen atoms in total. The van der Waals surface area contributed by atoms with Gasteiger partial charge in [-0.3, -0.25) is 14.4 Å². The van der Waals surface area contributed by atoms with Gasteiger partial charge >= 0.3 is 0 Å². The lowest BCUT2D eigenvalue weighted by Gasteiger charge is -2.28. The molecular formula is C26H24N2O4. The summed E-state index contributed by atoms with van der Waals surface area (Å²) in [5.41, 5.74) is 3.11. The molecule has 0 unspecified atom stereocenters. The number of rotatable bonds is 4. The van der Waals surface area contributed by atoms with E-state index in [1.807, 2.05) is 67.6 Å². The summed E-state index contributed by atoms with van der Waals surface area (Å²) >= 11 is 0. The number of benzene rings is 3. The fourth-order valence-corrected chi connectivity index (χ4v) is 4.50. The summed E-state index contributed by atoms with van der Waals surface area (Å²) in [6.45, 7) is 1.95. The molecule has 0 aromatic heterocycles. The summed E-state index contributed by atoms with van der Waals surface area (Å²) in [6.07, 6.45) is 0.227. The zero-order chi connectivity index (χ0) is 22.3. The maximum Gasteiger partial charge on any atom is 0.254 e. The number of hydroxylamine groups is 2. The first-order chi connectivity index (χ1) is 15.5. The van der Waals surface area contributed by atoms with E-state index in [9.17, 15) is 14.7 Å². The molecule has 1 N–H and O–H groups in total. The third kappa shape index (κ3) is 3.52. The van der Waals surface area contributed by atoms with Crippen molar-refractivity contribution in [3.63, 3.8) is 0 Å².